The Morgan fingerprint density at radius 1 is 1.59 bits per heavy atom. The molecule has 0 saturated carbocycles. The number of H-pyrrole nitrogens is 1. The van der Waals surface area contributed by atoms with E-state index in [0.29, 0.717) is 5.75 Å². The first-order chi connectivity index (χ1) is 8.16. The van der Waals surface area contributed by atoms with Crippen LogP contribution in [0, 0.1) is 13.0 Å². The molecule has 0 spiro atoms. The Labute approximate surface area is 98.6 Å². The monoisotopic (exact) mass is 230 g/mol. The molecule has 0 fully saturated rings. The lowest BCUT2D eigenvalue weighted by Gasteiger charge is -2.05. The Morgan fingerprint density at radius 3 is 3.06 bits per heavy atom. The molecule has 17 heavy (non-hydrogen) atoms. The third kappa shape index (κ3) is 2.63. The average Bonchev–Trinajstić information content (AvgIpc) is 2.73. The Hall–Kier alpha value is -2.30. The van der Waals surface area contributed by atoms with Gasteiger partial charge in [-0.25, -0.2) is 0 Å². The lowest BCUT2D eigenvalue weighted by molar-refractivity contribution is -0.119. The highest BCUT2D eigenvalue weighted by molar-refractivity contribution is 5.75. The van der Waals surface area contributed by atoms with E-state index in [1.54, 1.807) is 12.3 Å². The molecule has 0 atom stereocenters. The number of rotatable bonds is 4. The molecule has 0 saturated heterocycles. The molecule has 1 aromatic heterocycles. The minimum Gasteiger partial charge on any atom is -0.484 e. The van der Waals surface area contributed by atoms with Crippen molar-refractivity contribution < 1.29 is 9.53 Å². The highest BCUT2D eigenvalue weighted by Gasteiger charge is 2.05. The summed E-state index contributed by atoms with van der Waals surface area (Å²) < 4.78 is 5.21. The molecule has 5 nitrogen and oxygen atoms in total. The van der Waals surface area contributed by atoms with E-state index in [4.69, 9.17) is 10.5 Å². The van der Waals surface area contributed by atoms with Crippen LogP contribution in [0.4, 0.5) is 0 Å². The highest BCUT2D eigenvalue weighted by Crippen LogP contribution is 2.24. The first-order valence-corrected chi connectivity index (χ1v) is 5.10. The first-order valence-electron chi connectivity index (χ1n) is 5.10. The summed E-state index contributed by atoms with van der Waals surface area (Å²) in [6, 6.07) is 8.25. The summed E-state index contributed by atoms with van der Waals surface area (Å²) in [6.07, 6.45) is 1.80. The molecule has 0 aliphatic heterocycles. The molecule has 0 unspecified atom stereocenters. The summed E-state index contributed by atoms with van der Waals surface area (Å²) in [4.78, 5) is 10.6. The topological polar surface area (TPSA) is 81.0 Å². The highest BCUT2D eigenvalue weighted by atomic mass is 16.5. The minimum atomic E-state index is -0.505. The third-order valence-electron chi connectivity index (χ3n) is 2.29. The normalized spacial score (nSPS) is 10.2. The largest absolute Gasteiger partial charge is 0.484 e. The lowest BCUT2D eigenvalue weighted by Crippen LogP contribution is -2.19. The smallest absolute Gasteiger partial charge is 0.255 e. The lowest BCUT2D eigenvalue weighted by atomic mass is 10.1. The maximum absolute atomic E-state index is 10.6. The second-order valence-corrected chi connectivity index (χ2v) is 3.60. The van der Waals surface area contributed by atoms with Crippen molar-refractivity contribution in [1.29, 1.82) is 0 Å². The van der Waals surface area contributed by atoms with Crippen LogP contribution in [-0.2, 0) is 4.79 Å². The van der Waals surface area contributed by atoms with Gasteiger partial charge in [-0.05, 0) is 36.8 Å². The van der Waals surface area contributed by atoms with Crippen molar-refractivity contribution in [2.75, 3.05) is 6.61 Å². The molecule has 3 N–H and O–H groups in total. The fourth-order valence-corrected chi connectivity index (χ4v) is 1.49. The molecule has 2 aromatic rings. The van der Waals surface area contributed by atoms with Gasteiger partial charge >= 0.3 is 0 Å². The molecule has 0 aliphatic rings. The zero-order valence-electron chi connectivity index (χ0n) is 9.36. The molecular weight excluding hydrogens is 218 g/mol. The second kappa shape index (κ2) is 4.69. The number of aromatic nitrogens is 2. The van der Waals surface area contributed by atoms with Gasteiger partial charge in [0.15, 0.2) is 6.61 Å². The zero-order chi connectivity index (χ0) is 12.3. The van der Waals surface area contributed by atoms with Gasteiger partial charge in [0, 0.05) is 11.8 Å². The predicted molar refractivity (Wildman–Crippen MR) is 62.3 cm³/mol. The summed E-state index contributed by atoms with van der Waals surface area (Å²) in [5.41, 5.74) is 7.81. The van der Waals surface area contributed by atoms with Gasteiger partial charge in [-0.15, -0.1) is 0 Å². The quantitative estimate of drug-likeness (QED) is 0.823. The molecule has 1 amide bonds. The summed E-state index contributed by atoms with van der Waals surface area (Å²) in [5, 5.41) is 6.83. The molecule has 0 aliphatic carbocycles. The van der Waals surface area contributed by atoms with Crippen LogP contribution in [0.5, 0.6) is 5.75 Å². The molecule has 5 heteroatoms. The van der Waals surface area contributed by atoms with E-state index >= 15 is 0 Å². The van der Waals surface area contributed by atoms with Crippen LogP contribution >= 0.6 is 0 Å². The summed E-state index contributed by atoms with van der Waals surface area (Å²) in [5.74, 6) is 0.0526. The van der Waals surface area contributed by atoms with Gasteiger partial charge in [-0.2, -0.15) is 5.10 Å². The first kappa shape index (κ1) is 11.2. The molecule has 0 bridgehead atoms. The van der Waals surface area contributed by atoms with Crippen LogP contribution in [0.15, 0.2) is 24.4 Å². The van der Waals surface area contributed by atoms with Crippen molar-refractivity contribution in [3.8, 4) is 16.9 Å². The van der Waals surface area contributed by atoms with E-state index in [1.165, 1.54) is 0 Å². The third-order valence-corrected chi connectivity index (χ3v) is 2.29. The number of hydrogen-bond acceptors (Lipinski definition) is 3. The number of carbonyl (C=O) groups excluding carboxylic acids is 1. The number of nitrogens with one attached hydrogen (secondary N) is 1. The van der Waals surface area contributed by atoms with E-state index in [-0.39, 0.29) is 6.61 Å². The SMILES string of the molecule is Cc1n[nH]cc1-c1c[c]cc(OCC(N)=O)c1. The number of nitrogens with two attached hydrogens (primary N) is 1. The number of nitrogens with zero attached hydrogens (tertiary/aromatic N) is 1. The van der Waals surface area contributed by atoms with Crippen molar-refractivity contribution in [3.63, 3.8) is 0 Å². The van der Waals surface area contributed by atoms with Crippen molar-refractivity contribution >= 4 is 5.91 Å². The summed E-state index contributed by atoms with van der Waals surface area (Å²) in [7, 11) is 0. The number of ether oxygens (including phenoxy) is 1. The molecular formula is C12H12N3O2. The molecule has 1 radical (unpaired) electrons. The van der Waals surface area contributed by atoms with Gasteiger partial charge in [0.1, 0.15) is 5.75 Å². The van der Waals surface area contributed by atoms with Crippen LogP contribution in [0.25, 0.3) is 11.1 Å². The van der Waals surface area contributed by atoms with Gasteiger partial charge in [-0.3, -0.25) is 9.89 Å². The average molecular weight is 230 g/mol. The van der Waals surface area contributed by atoms with E-state index in [0.717, 1.165) is 16.8 Å². The predicted octanol–water partition coefficient (Wildman–Crippen LogP) is 1.05. The number of amides is 1. The fourth-order valence-electron chi connectivity index (χ4n) is 1.49. The van der Waals surface area contributed by atoms with E-state index in [9.17, 15) is 4.79 Å². The zero-order valence-corrected chi connectivity index (χ0v) is 9.36. The number of hydrogen-bond donors (Lipinski definition) is 2. The van der Waals surface area contributed by atoms with E-state index in [1.807, 2.05) is 19.1 Å². The number of carbonyl (C=O) groups is 1. The van der Waals surface area contributed by atoms with Gasteiger partial charge < -0.3 is 10.5 Å². The standard InChI is InChI=1S/C12H12N3O2/c1-8-11(6-14-15-8)9-3-2-4-10(5-9)17-7-12(13)16/h3-6H,7H2,1H3,(H2,13,16)(H,14,15). The second-order valence-electron chi connectivity index (χ2n) is 3.60. The fraction of sp³-hybridized carbons (Fsp3) is 0.167. The van der Waals surface area contributed by atoms with Gasteiger partial charge in [0.05, 0.1) is 5.69 Å². The van der Waals surface area contributed by atoms with Crippen LogP contribution in [0.3, 0.4) is 0 Å². The van der Waals surface area contributed by atoms with Crippen molar-refractivity contribution in [2.45, 2.75) is 6.92 Å². The Morgan fingerprint density at radius 2 is 2.41 bits per heavy atom. The maximum atomic E-state index is 10.6. The van der Waals surface area contributed by atoms with Crippen molar-refractivity contribution in [2.24, 2.45) is 5.73 Å². The summed E-state index contributed by atoms with van der Waals surface area (Å²) >= 11 is 0. The maximum Gasteiger partial charge on any atom is 0.255 e. The molecule has 1 aromatic carbocycles. The number of aryl methyl sites for hydroxylation is 1. The van der Waals surface area contributed by atoms with E-state index in [2.05, 4.69) is 16.3 Å². The van der Waals surface area contributed by atoms with Crippen LogP contribution in [0.1, 0.15) is 5.69 Å². The van der Waals surface area contributed by atoms with Crippen LogP contribution in [-0.4, -0.2) is 22.7 Å². The van der Waals surface area contributed by atoms with Crippen molar-refractivity contribution in [3.05, 3.63) is 36.2 Å². The Balaban J connectivity index is 2.23. The molecule has 87 valence electrons. The van der Waals surface area contributed by atoms with E-state index < -0.39 is 5.91 Å². The molecule has 1 heterocycles. The number of aromatic amines is 1. The summed E-state index contributed by atoms with van der Waals surface area (Å²) in [6.45, 7) is 1.77. The van der Waals surface area contributed by atoms with Gasteiger partial charge in [0.25, 0.3) is 5.91 Å². The Bertz CT molecular complexity index is 534. The Kier molecular flexibility index (Phi) is 3.09. The number of primary amides is 1. The molecule has 2 rings (SSSR count). The van der Waals surface area contributed by atoms with Crippen LogP contribution in [0.2, 0.25) is 0 Å². The van der Waals surface area contributed by atoms with Crippen molar-refractivity contribution in [1.82, 2.24) is 10.2 Å². The van der Waals surface area contributed by atoms with Crippen LogP contribution < -0.4 is 10.5 Å². The number of benzene rings is 1. The minimum absolute atomic E-state index is 0.137. The van der Waals surface area contributed by atoms with Gasteiger partial charge in [0.2, 0.25) is 0 Å². The van der Waals surface area contributed by atoms with Gasteiger partial charge in [-0.1, -0.05) is 0 Å².